The van der Waals surface area contributed by atoms with Crippen molar-refractivity contribution in [3.63, 3.8) is 0 Å². The van der Waals surface area contributed by atoms with E-state index in [1.165, 1.54) is 4.90 Å². The van der Waals surface area contributed by atoms with Crippen molar-refractivity contribution in [2.45, 2.75) is 25.3 Å². The fourth-order valence-corrected chi connectivity index (χ4v) is 1.87. The van der Waals surface area contributed by atoms with Crippen molar-refractivity contribution < 1.29 is 19.8 Å². The lowest BCUT2D eigenvalue weighted by molar-refractivity contribution is -0.141. The van der Waals surface area contributed by atoms with Gasteiger partial charge < -0.3 is 20.4 Å². The van der Waals surface area contributed by atoms with E-state index in [0.29, 0.717) is 19.3 Å². The van der Waals surface area contributed by atoms with Crippen molar-refractivity contribution in [2.75, 3.05) is 20.2 Å². The molecule has 1 aliphatic rings. The highest BCUT2D eigenvalue weighted by molar-refractivity contribution is 5.75. The highest BCUT2D eigenvalue weighted by Gasteiger charge is 2.30. The van der Waals surface area contributed by atoms with E-state index in [0.717, 1.165) is 0 Å². The number of nitrogens with one attached hydrogen (secondary N) is 1. The summed E-state index contributed by atoms with van der Waals surface area (Å²) in [7, 11) is 1.59. The van der Waals surface area contributed by atoms with Gasteiger partial charge in [-0.3, -0.25) is 4.79 Å². The van der Waals surface area contributed by atoms with E-state index in [-0.39, 0.29) is 31.1 Å². The lowest BCUT2D eigenvalue weighted by Crippen LogP contribution is -2.43. The van der Waals surface area contributed by atoms with Gasteiger partial charge in [-0.1, -0.05) is 0 Å². The number of aliphatic hydroxyl groups excluding tert-OH is 1. The highest BCUT2D eigenvalue weighted by Crippen LogP contribution is 2.25. The topological polar surface area (TPSA) is 89.9 Å². The molecule has 6 heteroatoms. The van der Waals surface area contributed by atoms with Crippen LogP contribution in [0.5, 0.6) is 0 Å². The standard InChI is InChI=1S/C10H18N2O4/c1-12(4-5-13)10(16)11-8-3-2-7(6-8)9(14)15/h7-8,13H,2-6H2,1H3,(H,11,16)(H,14,15). The number of nitrogens with zero attached hydrogens (tertiary/aromatic N) is 1. The zero-order valence-corrected chi connectivity index (χ0v) is 9.35. The molecule has 0 bridgehead atoms. The van der Waals surface area contributed by atoms with Gasteiger partial charge in [0.1, 0.15) is 0 Å². The van der Waals surface area contributed by atoms with Gasteiger partial charge in [0.15, 0.2) is 0 Å². The van der Waals surface area contributed by atoms with Gasteiger partial charge in [-0.2, -0.15) is 0 Å². The first-order chi connectivity index (χ1) is 7.54. The molecule has 0 aromatic heterocycles. The number of carboxylic acid groups (broad SMARTS) is 1. The Morgan fingerprint density at radius 3 is 2.62 bits per heavy atom. The third-order valence-electron chi connectivity index (χ3n) is 2.89. The maximum absolute atomic E-state index is 11.5. The number of rotatable bonds is 4. The van der Waals surface area contributed by atoms with Crippen LogP contribution in [0.3, 0.4) is 0 Å². The number of amides is 2. The van der Waals surface area contributed by atoms with Gasteiger partial charge in [0.2, 0.25) is 0 Å². The lowest BCUT2D eigenvalue weighted by Gasteiger charge is -2.20. The molecule has 6 nitrogen and oxygen atoms in total. The van der Waals surface area contributed by atoms with Crippen molar-refractivity contribution in [3.8, 4) is 0 Å². The molecule has 2 atom stereocenters. The summed E-state index contributed by atoms with van der Waals surface area (Å²) in [6.07, 6.45) is 1.81. The van der Waals surface area contributed by atoms with Crippen LogP contribution in [0.1, 0.15) is 19.3 Å². The zero-order valence-electron chi connectivity index (χ0n) is 9.35. The molecule has 92 valence electrons. The van der Waals surface area contributed by atoms with Crippen LogP contribution in [0.25, 0.3) is 0 Å². The molecule has 2 unspecified atom stereocenters. The van der Waals surface area contributed by atoms with E-state index in [1.807, 2.05) is 0 Å². The maximum atomic E-state index is 11.5. The van der Waals surface area contributed by atoms with Crippen LogP contribution >= 0.6 is 0 Å². The Morgan fingerprint density at radius 1 is 1.44 bits per heavy atom. The number of aliphatic hydroxyl groups is 1. The first-order valence-corrected chi connectivity index (χ1v) is 5.40. The second-order valence-corrected chi connectivity index (χ2v) is 4.14. The summed E-state index contributed by atoms with van der Waals surface area (Å²) in [5.74, 6) is -1.13. The normalized spacial score (nSPS) is 24.1. The zero-order chi connectivity index (χ0) is 12.1. The molecule has 1 saturated carbocycles. The van der Waals surface area contributed by atoms with E-state index in [1.54, 1.807) is 7.05 Å². The number of carbonyl (C=O) groups excluding carboxylic acids is 1. The number of carboxylic acids is 1. The van der Waals surface area contributed by atoms with Crippen molar-refractivity contribution in [1.29, 1.82) is 0 Å². The molecular formula is C10H18N2O4. The summed E-state index contributed by atoms with van der Waals surface area (Å²) in [6.45, 7) is 0.202. The summed E-state index contributed by atoms with van der Waals surface area (Å²) < 4.78 is 0. The monoisotopic (exact) mass is 230 g/mol. The number of aliphatic carboxylic acids is 1. The Labute approximate surface area is 94.2 Å². The summed E-state index contributed by atoms with van der Waals surface area (Å²) in [6, 6.07) is -0.320. The van der Waals surface area contributed by atoms with Crippen LogP contribution < -0.4 is 5.32 Å². The average Bonchev–Trinajstić information content (AvgIpc) is 2.66. The van der Waals surface area contributed by atoms with Gasteiger partial charge in [0.25, 0.3) is 0 Å². The van der Waals surface area contributed by atoms with Crippen molar-refractivity contribution in [1.82, 2.24) is 10.2 Å². The maximum Gasteiger partial charge on any atom is 0.317 e. The smallest absolute Gasteiger partial charge is 0.317 e. The van der Waals surface area contributed by atoms with Crippen LogP contribution in [-0.2, 0) is 4.79 Å². The third-order valence-corrected chi connectivity index (χ3v) is 2.89. The fraction of sp³-hybridized carbons (Fsp3) is 0.800. The lowest BCUT2D eigenvalue weighted by atomic mass is 10.1. The van der Waals surface area contributed by atoms with E-state index in [9.17, 15) is 9.59 Å². The van der Waals surface area contributed by atoms with Crippen molar-refractivity contribution in [2.24, 2.45) is 5.92 Å². The largest absolute Gasteiger partial charge is 0.481 e. The minimum Gasteiger partial charge on any atom is -0.481 e. The molecule has 0 heterocycles. The molecule has 16 heavy (non-hydrogen) atoms. The van der Waals surface area contributed by atoms with Crippen molar-refractivity contribution in [3.05, 3.63) is 0 Å². The molecule has 0 saturated heterocycles. The van der Waals surface area contributed by atoms with Crippen molar-refractivity contribution >= 4 is 12.0 Å². The molecule has 0 aromatic rings. The van der Waals surface area contributed by atoms with Gasteiger partial charge in [0, 0.05) is 19.6 Å². The average molecular weight is 230 g/mol. The van der Waals surface area contributed by atoms with E-state index in [4.69, 9.17) is 10.2 Å². The number of hydrogen-bond acceptors (Lipinski definition) is 3. The van der Waals surface area contributed by atoms with E-state index < -0.39 is 5.97 Å². The second-order valence-electron chi connectivity index (χ2n) is 4.14. The van der Waals surface area contributed by atoms with Crippen LogP contribution in [-0.4, -0.2) is 53.4 Å². The van der Waals surface area contributed by atoms with Gasteiger partial charge in [-0.15, -0.1) is 0 Å². The minimum absolute atomic E-state index is 0.0604. The molecule has 0 radical (unpaired) electrons. The second kappa shape index (κ2) is 5.69. The van der Waals surface area contributed by atoms with Crippen LogP contribution in [0, 0.1) is 5.92 Å². The minimum atomic E-state index is -0.791. The summed E-state index contributed by atoms with van der Waals surface area (Å²) in [4.78, 5) is 23.6. The quantitative estimate of drug-likeness (QED) is 0.627. The molecule has 1 aliphatic carbocycles. The Balaban J connectivity index is 2.33. The van der Waals surface area contributed by atoms with Gasteiger partial charge in [-0.05, 0) is 19.3 Å². The highest BCUT2D eigenvalue weighted by atomic mass is 16.4. The summed E-state index contributed by atoms with van der Waals surface area (Å²) in [5, 5.41) is 20.2. The molecule has 3 N–H and O–H groups in total. The molecule has 1 fully saturated rings. The predicted molar refractivity (Wildman–Crippen MR) is 57.0 cm³/mol. The number of urea groups is 1. The Hall–Kier alpha value is -1.30. The summed E-state index contributed by atoms with van der Waals surface area (Å²) >= 11 is 0. The predicted octanol–water partition coefficient (Wildman–Crippen LogP) is -0.127. The number of hydrogen-bond donors (Lipinski definition) is 3. The van der Waals surface area contributed by atoms with E-state index in [2.05, 4.69) is 5.32 Å². The molecule has 0 aromatic carbocycles. The molecule has 2 amide bonds. The fourth-order valence-electron chi connectivity index (χ4n) is 1.87. The first kappa shape index (κ1) is 12.8. The third kappa shape index (κ3) is 3.37. The first-order valence-electron chi connectivity index (χ1n) is 5.40. The Bertz CT molecular complexity index is 270. The number of carbonyl (C=O) groups is 2. The Kier molecular flexibility index (Phi) is 4.54. The number of likely N-dealkylation sites (N-methyl/N-ethyl adjacent to an activating group) is 1. The van der Waals surface area contributed by atoms with Crippen LogP contribution in [0.2, 0.25) is 0 Å². The molecule has 1 rings (SSSR count). The van der Waals surface area contributed by atoms with Gasteiger partial charge in [0.05, 0.1) is 12.5 Å². The van der Waals surface area contributed by atoms with Crippen LogP contribution in [0.15, 0.2) is 0 Å². The molecule has 0 spiro atoms. The molecular weight excluding hydrogens is 212 g/mol. The van der Waals surface area contributed by atoms with Gasteiger partial charge in [-0.25, -0.2) is 4.79 Å². The van der Waals surface area contributed by atoms with E-state index >= 15 is 0 Å². The Morgan fingerprint density at radius 2 is 2.12 bits per heavy atom. The van der Waals surface area contributed by atoms with Crippen LogP contribution in [0.4, 0.5) is 4.79 Å². The molecule has 0 aliphatic heterocycles. The SMILES string of the molecule is CN(CCO)C(=O)NC1CCC(C(=O)O)C1. The van der Waals surface area contributed by atoms with Gasteiger partial charge >= 0.3 is 12.0 Å². The summed E-state index contributed by atoms with van der Waals surface area (Å²) in [5.41, 5.74) is 0.